The number of carboxylic acid groups (broad SMARTS) is 1. The number of thioether (sulfide) groups is 1. The van der Waals surface area contributed by atoms with Gasteiger partial charge in [-0.25, -0.2) is 15.0 Å². The molecule has 2 aromatic heterocycles. The minimum atomic E-state index is -1.14. The third kappa shape index (κ3) is 4.14. The summed E-state index contributed by atoms with van der Waals surface area (Å²) in [7, 11) is 0. The van der Waals surface area contributed by atoms with E-state index >= 15 is 0 Å². The Hall–Kier alpha value is -1.99. The number of imidazole rings is 1. The van der Waals surface area contributed by atoms with Crippen molar-refractivity contribution in [2.24, 2.45) is 5.73 Å². The van der Waals surface area contributed by atoms with Crippen LogP contribution in [0.25, 0.3) is 11.2 Å². The molecule has 1 aliphatic rings. The molecule has 1 fully saturated rings. The van der Waals surface area contributed by atoms with E-state index in [4.69, 9.17) is 21.3 Å². The fraction of sp³-hybridized carbons (Fsp3) is 0.600. The zero-order chi connectivity index (χ0) is 19.6. The minimum absolute atomic E-state index is 0.222. The summed E-state index contributed by atoms with van der Waals surface area (Å²) in [6.07, 6.45) is -0.0171. The number of nitrogen functional groups attached to an aromatic ring is 1. The van der Waals surface area contributed by atoms with E-state index in [1.54, 1.807) is 0 Å². The third-order valence-corrected chi connectivity index (χ3v) is 5.48. The molecule has 1 unspecified atom stereocenters. The average Bonchev–Trinajstić information content (AvgIpc) is 3.18. The van der Waals surface area contributed by atoms with Crippen LogP contribution < -0.4 is 11.5 Å². The van der Waals surface area contributed by atoms with E-state index in [1.165, 1.54) is 29.0 Å². The van der Waals surface area contributed by atoms with Gasteiger partial charge in [-0.15, -0.1) is 0 Å². The van der Waals surface area contributed by atoms with Gasteiger partial charge in [0.25, 0.3) is 0 Å². The highest BCUT2D eigenvalue weighted by atomic mass is 32.2. The lowest BCUT2D eigenvalue weighted by molar-refractivity contribution is -0.138. The Balaban J connectivity index is 1.57. The van der Waals surface area contributed by atoms with E-state index in [9.17, 15) is 15.0 Å². The lowest BCUT2D eigenvalue weighted by atomic mass is 10.1. The second kappa shape index (κ2) is 8.35. The molecule has 0 aliphatic carbocycles. The van der Waals surface area contributed by atoms with Gasteiger partial charge in [-0.2, -0.15) is 11.8 Å². The van der Waals surface area contributed by atoms with Gasteiger partial charge in [-0.3, -0.25) is 9.36 Å². The summed E-state index contributed by atoms with van der Waals surface area (Å²) in [5.41, 5.74) is 12.0. The molecule has 148 valence electrons. The molecule has 1 saturated heterocycles. The van der Waals surface area contributed by atoms with Gasteiger partial charge in [0, 0.05) is 0 Å². The van der Waals surface area contributed by atoms with Crippen molar-refractivity contribution in [1.82, 2.24) is 19.5 Å². The number of carbonyl (C=O) groups is 1. The number of rotatable bonds is 8. The molecule has 0 aromatic carbocycles. The first-order valence-corrected chi connectivity index (χ1v) is 9.56. The van der Waals surface area contributed by atoms with Crippen LogP contribution >= 0.6 is 11.8 Å². The number of aliphatic carboxylic acids is 1. The number of aliphatic hydroxyl groups is 2. The van der Waals surface area contributed by atoms with Crippen molar-refractivity contribution < 1.29 is 24.9 Å². The molecule has 0 amide bonds. The standard InChI is InChI=1S/C15H22N6O5S/c16-7(15(24)25)1-3-27-4-2-8-10(22)11(23)14(26-8)21-6-20-9-12(17)18-5-19-13(9)21/h5-8,10-11,14,22-23H,1-4,16H2,(H,24,25)(H2,17,18,19)/t7?,8-,10-,11-,14-/m1/s1. The van der Waals surface area contributed by atoms with Crippen LogP contribution in [-0.4, -0.2) is 76.7 Å². The number of hydrogen-bond donors (Lipinski definition) is 5. The summed E-state index contributed by atoms with van der Waals surface area (Å²) in [6.45, 7) is 0. The van der Waals surface area contributed by atoms with Crippen LogP contribution in [0.2, 0.25) is 0 Å². The maximum atomic E-state index is 10.7. The van der Waals surface area contributed by atoms with E-state index in [-0.39, 0.29) is 5.82 Å². The lowest BCUT2D eigenvalue weighted by Gasteiger charge is -2.16. The quantitative estimate of drug-likeness (QED) is 0.342. The number of nitrogens with two attached hydrogens (primary N) is 2. The van der Waals surface area contributed by atoms with Gasteiger partial charge < -0.3 is 31.5 Å². The van der Waals surface area contributed by atoms with E-state index in [0.29, 0.717) is 35.5 Å². The first-order valence-electron chi connectivity index (χ1n) is 8.41. The monoisotopic (exact) mass is 398 g/mol. The topological polar surface area (TPSA) is 183 Å². The van der Waals surface area contributed by atoms with Crippen LogP contribution in [0.1, 0.15) is 19.1 Å². The number of hydrogen-bond acceptors (Lipinski definition) is 10. The highest BCUT2D eigenvalue weighted by Gasteiger charge is 2.43. The first-order chi connectivity index (χ1) is 12.9. The number of anilines is 1. The lowest BCUT2D eigenvalue weighted by Crippen LogP contribution is -2.32. The van der Waals surface area contributed by atoms with E-state index < -0.39 is 36.6 Å². The van der Waals surface area contributed by atoms with Gasteiger partial charge in [-0.05, 0) is 24.3 Å². The van der Waals surface area contributed by atoms with Crippen molar-refractivity contribution in [3.63, 3.8) is 0 Å². The van der Waals surface area contributed by atoms with Gasteiger partial charge >= 0.3 is 5.97 Å². The fourth-order valence-electron chi connectivity index (χ4n) is 2.89. The molecule has 7 N–H and O–H groups in total. The fourth-order valence-corrected chi connectivity index (χ4v) is 3.91. The Labute approximate surface area is 158 Å². The van der Waals surface area contributed by atoms with Crippen molar-refractivity contribution in [2.45, 2.75) is 43.4 Å². The van der Waals surface area contributed by atoms with Crippen molar-refractivity contribution in [3.8, 4) is 0 Å². The molecule has 27 heavy (non-hydrogen) atoms. The number of carboxylic acids is 1. The number of fused-ring (bicyclic) bond motifs is 1. The zero-order valence-corrected chi connectivity index (χ0v) is 15.2. The Morgan fingerprint density at radius 3 is 2.81 bits per heavy atom. The van der Waals surface area contributed by atoms with Crippen molar-refractivity contribution >= 4 is 34.7 Å². The average molecular weight is 398 g/mol. The van der Waals surface area contributed by atoms with Gasteiger partial charge in [0.05, 0.1) is 12.4 Å². The normalized spacial score (nSPS) is 26.5. The summed E-state index contributed by atoms with van der Waals surface area (Å²) >= 11 is 1.52. The number of ether oxygens (including phenoxy) is 1. The van der Waals surface area contributed by atoms with Gasteiger partial charge in [0.15, 0.2) is 17.7 Å². The predicted molar refractivity (Wildman–Crippen MR) is 97.8 cm³/mol. The van der Waals surface area contributed by atoms with E-state index in [1.807, 2.05) is 0 Å². The summed E-state index contributed by atoms with van der Waals surface area (Å²) in [5, 5.41) is 29.4. The van der Waals surface area contributed by atoms with Gasteiger partial charge in [0.1, 0.15) is 30.1 Å². The third-order valence-electron chi connectivity index (χ3n) is 4.44. The smallest absolute Gasteiger partial charge is 0.320 e. The van der Waals surface area contributed by atoms with Gasteiger partial charge in [-0.1, -0.05) is 0 Å². The Morgan fingerprint density at radius 1 is 1.30 bits per heavy atom. The van der Waals surface area contributed by atoms with Crippen molar-refractivity contribution in [2.75, 3.05) is 17.2 Å². The molecule has 11 nitrogen and oxygen atoms in total. The largest absolute Gasteiger partial charge is 0.480 e. The van der Waals surface area contributed by atoms with E-state index in [2.05, 4.69) is 15.0 Å². The maximum Gasteiger partial charge on any atom is 0.320 e. The molecular formula is C15H22N6O5S. The highest BCUT2D eigenvalue weighted by Crippen LogP contribution is 2.33. The van der Waals surface area contributed by atoms with Crippen molar-refractivity contribution in [1.29, 1.82) is 0 Å². The molecule has 2 aromatic rings. The van der Waals surface area contributed by atoms with Gasteiger partial charge in [0.2, 0.25) is 0 Å². The van der Waals surface area contributed by atoms with Crippen LogP contribution in [0.5, 0.6) is 0 Å². The van der Waals surface area contributed by atoms with Crippen LogP contribution in [0.15, 0.2) is 12.7 Å². The van der Waals surface area contributed by atoms with Crippen LogP contribution in [0, 0.1) is 0 Å². The van der Waals surface area contributed by atoms with Crippen LogP contribution in [0.4, 0.5) is 5.82 Å². The molecule has 0 spiro atoms. The van der Waals surface area contributed by atoms with Crippen molar-refractivity contribution in [3.05, 3.63) is 12.7 Å². The molecule has 12 heteroatoms. The number of nitrogens with zero attached hydrogens (tertiary/aromatic N) is 4. The molecule has 5 atom stereocenters. The second-order valence-corrected chi connectivity index (χ2v) is 7.49. The summed E-state index contributed by atoms with van der Waals surface area (Å²) in [4.78, 5) is 22.8. The van der Waals surface area contributed by atoms with E-state index in [0.717, 1.165) is 0 Å². The number of aromatic nitrogens is 4. The molecule has 0 radical (unpaired) electrons. The second-order valence-electron chi connectivity index (χ2n) is 6.26. The summed E-state index contributed by atoms with van der Waals surface area (Å²) < 4.78 is 7.36. The SMILES string of the molecule is Nc1ncnc2c1ncn2[C@@H]1O[C@H](CCSCCC(N)C(=O)O)[C@@H](O)[C@H]1O. The molecular weight excluding hydrogens is 376 g/mol. The Morgan fingerprint density at radius 2 is 2.07 bits per heavy atom. The molecule has 1 aliphatic heterocycles. The molecule has 0 bridgehead atoms. The summed E-state index contributed by atoms with van der Waals surface area (Å²) in [6, 6.07) is -0.874. The molecule has 0 saturated carbocycles. The zero-order valence-electron chi connectivity index (χ0n) is 14.4. The summed E-state index contributed by atoms with van der Waals surface area (Å²) in [5.74, 6) is 0.421. The predicted octanol–water partition coefficient (Wildman–Crippen LogP) is -1.05. The van der Waals surface area contributed by atoms with Crippen LogP contribution in [-0.2, 0) is 9.53 Å². The Bertz CT molecular complexity index is 804. The number of aliphatic hydroxyl groups excluding tert-OH is 2. The molecule has 3 rings (SSSR count). The first kappa shape index (κ1) is 19.8. The van der Waals surface area contributed by atoms with Crippen LogP contribution in [0.3, 0.4) is 0 Å². The minimum Gasteiger partial charge on any atom is -0.480 e. The maximum absolute atomic E-state index is 10.7. The molecule has 3 heterocycles. The Kier molecular flexibility index (Phi) is 6.11. The highest BCUT2D eigenvalue weighted by molar-refractivity contribution is 7.99.